The molecular formula is C11H16N2O. The predicted molar refractivity (Wildman–Crippen MR) is 57.3 cm³/mol. The Hall–Kier alpha value is -1.06. The van der Waals surface area contributed by atoms with Gasteiger partial charge in [-0.05, 0) is 12.1 Å². The minimum Gasteiger partial charge on any atom is -0.381 e. The van der Waals surface area contributed by atoms with E-state index in [1.54, 1.807) is 0 Å². The van der Waals surface area contributed by atoms with E-state index < -0.39 is 0 Å². The van der Waals surface area contributed by atoms with Crippen LogP contribution >= 0.6 is 0 Å². The Balaban J connectivity index is 1.96. The van der Waals surface area contributed by atoms with E-state index in [4.69, 9.17) is 5.11 Å². The summed E-state index contributed by atoms with van der Waals surface area (Å²) in [6.07, 6.45) is 0. The van der Waals surface area contributed by atoms with Crippen LogP contribution in [0, 0.1) is 0 Å². The third kappa shape index (κ3) is 2.05. The molecule has 0 radical (unpaired) electrons. The molecule has 1 saturated heterocycles. The number of hydrogen-bond acceptors (Lipinski definition) is 3. The van der Waals surface area contributed by atoms with E-state index in [1.807, 2.05) is 6.07 Å². The lowest BCUT2D eigenvalue weighted by Crippen LogP contribution is -2.46. The van der Waals surface area contributed by atoms with Crippen molar-refractivity contribution < 1.29 is 5.11 Å². The molecule has 0 bridgehead atoms. The lowest BCUT2D eigenvalue weighted by molar-refractivity contribution is 0.102. The second kappa shape index (κ2) is 4.44. The van der Waals surface area contributed by atoms with Gasteiger partial charge in [-0.2, -0.15) is 0 Å². The summed E-state index contributed by atoms with van der Waals surface area (Å²) in [4.78, 5) is 4.41. The van der Waals surface area contributed by atoms with Gasteiger partial charge in [0.15, 0.2) is 0 Å². The molecule has 1 N–H and O–H groups in total. The van der Waals surface area contributed by atoms with Crippen LogP contribution in [-0.4, -0.2) is 42.9 Å². The lowest BCUT2D eigenvalue weighted by Gasteiger charge is -2.34. The lowest BCUT2D eigenvalue weighted by atomic mass is 10.2. The quantitative estimate of drug-likeness (QED) is 0.749. The maximum atomic E-state index is 8.96. The van der Waals surface area contributed by atoms with Gasteiger partial charge in [-0.15, -0.1) is 0 Å². The average molecular weight is 192 g/mol. The van der Waals surface area contributed by atoms with Crippen molar-refractivity contribution in [1.29, 1.82) is 0 Å². The molecule has 3 heteroatoms. The monoisotopic (exact) mass is 192 g/mol. The SMILES string of the molecule is OCN1CCN(c2ccccc2)CC1. The Morgan fingerprint density at radius 2 is 1.64 bits per heavy atom. The van der Waals surface area contributed by atoms with Crippen molar-refractivity contribution in [2.24, 2.45) is 0 Å². The van der Waals surface area contributed by atoms with Gasteiger partial charge in [0.2, 0.25) is 0 Å². The predicted octanol–water partition coefficient (Wildman–Crippen LogP) is 0.758. The highest BCUT2D eigenvalue weighted by molar-refractivity contribution is 5.46. The highest BCUT2D eigenvalue weighted by atomic mass is 16.3. The molecule has 1 aliphatic heterocycles. The molecule has 1 aromatic rings. The summed E-state index contributed by atoms with van der Waals surface area (Å²) >= 11 is 0. The van der Waals surface area contributed by atoms with Gasteiger partial charge in [0.25, 0.3) is 0 Å². The molecule has 0 saturated carbocycles. The minimum atomic E-state index is 0.183. The van der Waals surface area contributed by atoms with Gasteiger partial charge in [-0.25, -0.2) is 0 Å². The number of aliphatic hydroxyl groups is 1. The number of piperazine rings is 1. The first kappa shape index (κ1) is 9.49. The Labute approximate surface area is 84.6 Å². The van der Waals surface area contributed by atoms with Crippen molar-refractivity contribution >= 4 is 5.69 Å². The number of benzene rings is 1. The smallest absolute Gasteiger partial charge is 0.0957 e. The molecule has 0 spiro atoms. The molecular weight excluding hydrogens is 176 g/mol. The molecule has 0 unspecified atom stereocenters. The first-order chi connectivity index (χ1) is 6.90. The summed E-state index contributed by atoms with van der Waals surface area (Å²) in [6.45, 7) is 4.09. The number of hydrogen-bond donors (Lipinski definition) is 1. The second-order valence-corrected chi connectivity index (χ2v) is 3.58. The van der Waals surface area contributed by atoms with Gasteiger partial charge in [0.1, 0.15) is 0 Å². The highest BCUT2D eigenvalue weighted by Gasteiger charge is 2.15. The summed E-state index contributed by atoms with van der Waals surface area (Å²) in [5, 5.41) is 8.96. The van der Waals surface area contributed by atoms with E-state index in [9.17, 15) is 0 Å². The number of para-hydroxylation sites is 1. The zero-order chi connectivity index (χ0) is 9.80. The maximum Gasteiger partial charge on any atom is 0.0957 e. The van der Waals surface area contributed by atoms with E-state index in [-0.39, 0.29) is 6.73 Å². The summed E-state index contributed by atoms with van der Waals surface area (Å²) in [5.41, 5.74) is 1.28. The van der Waals surface area contributed by atoms with E-state index in [0.717, 1.165) is 26.2 Å². The minimum absolute atomic E-state index is 0.183. The van der Waals surface area contributed by atoms with Gasteiger partial charge < -0.3 is 10.0 Å². The summed E-state index contributed by atoms with van der Waals surface area (Å²) in [6, 6.07) is 10.4. The normalized spacial score (nSPS) is 18.5. The largest absolute Gasteiger partial charge is 0.381 e. The summed E-state index contributed by atoms with van der Waals surface area (Å²) in [7, 11) is 0. The van der Waals surface area contributed by atoms with Crippen LogP contribution in [0.25, 0.3) is 0 Å². The Bertz CT molecular complexity index is 268. The molecule has 1 aliphatic rings. The molecule has 0 amide bonds. The maximum absolute atomic E-state index is 8.96. The third-order valence-electron chi connectivity index (χ3n) is 2.69. The number of anilines is 1. The average Bonchev–Trinajstić information content (AvgIpc) is 2.30. The first-order valence-corrected chi connectivity index (χ1v) is 5.03. The Morgan fingerprint density at radius 1 is 1.00 bits per heavy atom. The number of nitrogens with zero attached hydrogens (tertiary/aromatic N) is 2. The van der Waals surface area contributed by atoms with Crippen LogP contribution < -0.4 is 4.90 Å². The molecule has 76 valence electrons. The fraction of sp³-hybridized carbons (Fsp3) is 0.455. The molecule has 2 rings (SSSR count). The fourth-order valence-corrected chi connectivity index (χ4v) is 1.79. The van der Waals surface area contributed by atoms with Crippen LogP contribution in [-0.2, 0) is 0 Å². The first-order valence-electron chi connectivity index (χ1n) is 5.03. The van der Waals surface area contributed by atoms with Gasteiger partial charge >= 0.3 is 0 Å². The van der Waals surface area contributed by atoms with Crippen molar-refractivity contribution in [3.63, 3.8) is 0 Å². The molecule has 1 fully saturated rings. The zero-order valence-electron chi connectivity index (χ0n) is 8.26. The van der Waals surface area contributed by atoms with Crippen LogP contribution in [0.5, 0.6) is 0 Å². The van der Waals surface area contributed by atoms with Crippen molar-refractivity contribution in [1.82, 2.24) is 4.90 Å². The summed E-state index contributed by atoms with van der Waals surface area (Å²) in [5.74, 6) is 0. The van der Waals surface area contributed by atoms with Gasteiger partial charge in [0.05, 0.1) is 6.73 Å². The zero-order valence-corrected chi connectivity index (χ0v) is 8.26. The van der Waals surface area contributed by atoms with Crippen LogP contribution in [0.15, 0.2) is 30.3 Å². The van der Waals surface area contributed by atoms with Gasteiger partial charge in [-0.1, -0.05) is 18.2 Å². The van der Waals surface area contributed by atoms with E-state index in [1.165, 1.54) is 5.69 Å². The van der Waals surface area contributed by atoms with Gasteiger partial charge in [-0.3, -0.25) is 4.90 Å². The van der Waals surface area contributed by atoms with E-state index >= 15 is 0 Å². The van der Waals surface area contributed by atoms with Crippen molar-refractivity contribution in [3.05, 3.63) is 30.3 Å². The molecule has 1 heterocycles. The standard InChI is InChI=1S/C11H16N2O/c14-10-12-6-8-13(9-7-12)11-4-2-1-3-5-11/h1-5,14H,6-10H2. The fourth-order valence-electron chi connectivity index (χ4n) is 1.79. The number of aliphatic hydroxyl groups excluding tert-OH is 1. The van der Waals surface area contributed by atoms with Crippen LogP contribution in [0.3, 0.4) is 0 Å². The molecule has 1 aromatic carbocycles. The van der Waals surface area contributed by atoms with Crippen molar-refractivity contribution in [2.75, 3.05) is 37.8 Å². The summed E-state index contributed by atoms with van der Waals surface area (Å²) < 4.78 is 0. The number of rotatable bonds is 2. The van der Waals surface area contributed by atoms with Crippen LogP contribution in [0.1, 0.15) is 0 Å². The van der Waals surface area contributed by atoms with E-state index in [0.29, 0.717) is 0 Å². The molecule has 0 atom stereocenters. The van der Waals surface area contributed by atoms with Gasteiger partial charge in [0, 0.05) is 31.9 Å². The second-order valence-electron chi connectivity index (χ2n) is 3.58. The van der Waals surface area contributed by atoms with Crippen LogP contribution in [0.2, 0.25) is 0 Å². The molecule has 14 heavy (non-hydrogen) atoms. The Kier molecular flexibility index (Phi) is 3.01. The third-order valence-corrected chi connectivity index (χ3v) is 2.69. The Morgan fingerprint density at radius 3 is 2.21 bits per heavy atom. The molecule has 0 aromatic heterocycles. The highest BCUT2D eigenvalue weighted by Crippen LogP contribution is 2.14. The van der Waals surface area contributed by atoms with Crippen molar-refractivity contribution in [2.45, 2.75) is 0 Å². The van der Waals surface area contributed by atoms with Crippen molar-refractivity contribution in [3.8, 4) is 0 Å². The molecule has 0 aliphatic carbocycles. The van der Waals surface area contributed by atoms with Crippen LogP contribution in [0.4, 0.5) is 5.69 Å². The van der Waals surface area contributed by atoms with E-state index in [2.05, 4.69) is 34.1 Å². The topological polar surface area (TPSA) is 26.7 Å². The molecule has 3 nitrogen and oxygen atoms in total.